The van der Waals surface area contributed by atoms with Crippen molar-refractivity contribution in [3.05, 3.63) is 29.6 Å². The highest BCUT2D eigenvalue weighted by Crippen LogP contribution is 2.53. The van der Waals surface area contributed by atoms with Crippen molar-refractivity contribution >= 4 is 0 Å². The Morgan fingerprint density at radius 2 is 2.00 bits per heavy atom. The summed E-state index contributed by atoms with van der Waals surface area (Å²) in [6.45, 7) is 1.74. The minimum Gasteiger partial charge on any atom is -0.490 e. The predicted molar refractivity (Wildman–Crippen MR) is 71.7 cm³/mol. The van der Waals surface area contributed by atoms with Crippen molar-refractivity contribution in [2.24, 2.45) is 5.41 Å². The molecule has 2 unspecified atom stereocenters. The molecule has 0 radical (unpaired) electrons. The number of ether oxygens (including phenoxy) is 1. The van der Waals surface area contributed by atoms with E-state index in [4.69, 9.17) is 4.74 Å². The van der Waals surface area contributed by atoms with Gasteiger partial charge in [-0.2, -0.15) is 0 Å². The molecule has 1 N–H and O–H groups in total. The summed E-state index contributed by atoms with van der Waals surface area (Å²) in [5.41, 5.74) is 0.563. The Morgan fingerprint density at radius 3 is 2.63 bits per heavy atom. The molecule has 104 valence electrons. The molecule has 2 atom stereocenters. The van der Waals surface area contributed by atoms with Crippen molar-refractivity contribution in [1.29, 1.82) is 0 Å². The molecule has 19 heavy (non-hydrogen) atoms. The summed E-state index contributed by atoms with van der Waals surface area (Å²) >= 11 is 0. The summed E-state index contributed by atoms with van der Waals surface area (Å²) in [6, 6.07) is 5.02. The molecule has 2 aliphatic rings. The summed E-state index contributed by atoms with van der Waals surface area (Å²) < 4.78 is 19.5. The predicted octanol–water partition coefficient (Wildman–Crippen LogP) is 3.60. The first-order valence-electron chi connectivity index (χ1n) is 7.23. The van der Waals surface area contributed by atoms with Gasteiger partial charge in [0.15, 0.2) is 0 Å². The molecular formula is C16H21FO2. The molecule has 3 rings (SSSR count). The minimum absolute atomic E-state index is 0.0462. The normalized spacial score (nSPS) is 29.0. The van der Waals surface area contributed by atoms with Gasteiger partial charge in [0.2, 0.25) is 0 Å². The summed E-state index contributed by atoms with van der Waals surface area (Å²) in [5.74, 6) is 0.361. The van der Waals surface area contributed by atoms with E-state index in [0.717, 1.165) is 12.8 Å². The van der Waals surface area contributed by atoms with E-state index >= 15 is 0 Å². The second kappa shape index (κ2) is 4.78. The number of hydrogen-bond donors (Lipinski definition) is 1. The highest BCUT2D eigenvalue weighted by atomic mass is 19.1. The lowest BCUT2D eigenvalue weighted by atomic mass is 9.56. The summed E-state index contributed by atoms with van der Waals surface area (Å²) in [4.78, 5) is 0. The van der Waals surface area contributed by atoms with Crippen LogP contribution in [0, 0.1) is 18.2 Å². The minimum atomic E-state index is -0.243. The molecule has 1 spiro atoms. The number of benzene rings is 1. The Morgan fingerprint density at radius 1 is 1.26 bits per heavy atom. The van der Waals surface area contributed by atoms with Gasteiger partial charge in [0.05, 0.1) is 6.10 Å². The molecule has 0 aliphatic heterocycles. The topological polar surface area (TPSA) is 29.5 Å². The number of rotatable bonds is 2. The van der Waals surface area contributed by atoms with Gasteiger partial charge in [-0.1, -0.05) is 25.3 Å². The quantitative estimate of drug-likeness (QED) is 0.884. The third kappa shape index (κ3) is 2.14. The van der Waals surface area contributed by atoms with Crippen LogP contribution in [0.1, 0.15) is 44.1 Å². The number of halogens is 1. The monoisotopic (exact) mass is 264 g/mol. The average molecular weight is 264 g/mol. The molecule has 2 fully saturated rings. The maximum absolute atomic E-state index is 13.5. The van der Waals surface area contributed by atoms with Crippen molar-refractivity contribution < 1.29 is 14.2 Å². The van der Waals surface area contributed by atoms with E-state index in [9.17, 15) is 9.50 Å². The summed E-state index contributed by atoms with van der Waals surface area (Å²) in [6.07, 6.45) is 6.13. The lowest BCUT2D eigenvalue weighted by molar-refractivity contribution is -0.172. The molecule has 2 saturated carbocycles. The zero-order chi connectivity index (χ0) is 13.5. The zero-order valence-corrected chi connectivity index (χ0v) is 11.4. The lowest BCUT2D eigenvalue weighted by Crippen LogP contribution is -2.60. The van der Waals surface area contributed by atoms with E-state index in [2.05, 4.69) is 0 Å². The fourth-order valence-electron chi connectivity index (χ4n) is 3.57. The van der Waals surface area contributed by atoms with E-state index in [1.54, 1.807) is 13.0 Å². The Bertz CT molecular complexity index is 466. The molecule has 0 amide bonds. The lowest BCUT2D eigenvalue weighted by Gasteiger charge is -2.55. The average Bonchev–Trinajstić information content (AvgIpc) is 2.43. The maximum Gasteiger partial charge on any atom is 0.129 e. The molecule has 2 nitrogen and oxygen atoms in total. The van der Waals surface area contributed by atoms with Gasteiger partial charge in [-0.05, 0) is 31.4 Å². The Balaban J connectivity index is 1.74. The van der Waals surface area contributed by atoms with Crippen LogP contribution >= 0.6 is 0 Å². The van der Waals surface area contributed by atoms with Gasteiger partial charge in [0, 0.05) is 17.9 Å². The standard InChI is InChI=1S/C16H21FO2/c1-11-5-6-12(9-13(11)17)19-15-10-14(18)16(15)7-3-2-4-8-16/h5-6,9,14-15,18H,2-4,7-8,10H2,1H3. The first kappa shape index (κ1) is 12.9. The fraction of sp³-hybridized carbons (Fsp3) is 0.625. The number of aliphatic hydroxyl groups is 1. The van der Waals surface area contributed by atoms with Crippen LogP contribution in [-0.4, -0.2) is 17.3 Å². The smallest absolute Gasteiger partial charge is 0.129 e. The van der Waals surface area contributed by atoms with Crippen molar-refractivity contribution in [3.8, 4) is 5.75 Å². The molecule has 0 saturated heterocycles. The van der Waals surface area contributed by atoms with Crippen LogP contribution in [0.15, 0.2) is 18.2 Å². The number of aliphatic hydroxyl groups excluding tert-OH is 1. The third-order valence-corrected chi connectivity index (χ3v) is 4.95. The summed E-state index contributed by atoms with van der Waals surface area (Å²) in [7, 11) is 0. The highest BCUT2D eigenvalue weighted by Gasteiger charge is 2.56. The Kier molecular flexibility index (Phi) is 3.25. The fourth-order valence-corrected chi connectivity index (χ4v) is 3.57. The van der Waals surface area contributed by atoms with Crippen molar-refractivity contribution in [2.45, 2.75) is 57.7 Å². The number of hydrogen-bond acceptors (Lipinski definition) is 2. The molecule has 2 aliphatic carbocycles. The van der Waals surface area contributed by atoms with Crippen LogP contribution in [0.4, 0.5) is 4.39 Å². The Hall–Kier alpha value is -1.09. The largest absolute Gasteiger partial charge is 0.490 e. The molecule has 0 aromatic heterocycles. The first-order chi connectivity index (χ1) is 9.12. The number of aryl methyl sites for hydroxylation is 1. The van der Waals surface area contributed by atoms with Gasteiger partial charge in [0.25, 0.3) is 0 Å². The Labute approximate surface area is 113 Å². The molecular weight excluding hydrogens is 243 g/mol. The van der Waals surface area contributed by atoms with Crippen LogP contribution in [0.5, 0.6) is 5.75 Å². The first-order valence-corrected chi connectivity index (χ1v) is 7.23. The van der Waals surface area contributed by atoms with Crippen LogP contribution in [0.3, 0.4) is 0 Å². The molecule has 0 heterocycles. The third-order valence-electron chi connectivity index (χ3n) is 4.95. The van der Waals surface area contributed by atoms with E-state index in [1.807, 2.05) is 6.07 Å². The van der Waals surface area contributed by atoms with Gasteiger partial charge in [-0.3, -0.25) is 0 Å². The van der Waals surface area contributed by atoms with E-state index in [1.165, 1.54) is 25.3 Å². The molecule has 1 aromatic rings. The van der Waals surface area contributed by atoms with Crippen LogP contribution < -0.4 is 4.74 Å². The SMILES string of the molecule is Cc1ccc(OC2CC(O)C23CCCCC3)cc1F. The van der Waals surface area contributed by atoms with Gasteiger partial charge >= 0.3 is 0 Å². The highest BCUT2D eigenvalue weighted by molar-refractivity contribution is 5.29. The van der Waals surface area contributed by atoms with E-state index in [0.29, 0.717) is 17.7 Å². The van der Waals surface area contributed by atoms with E-state index in [-0.39, 0.29) is 23.4 Å². The zero-order valence-electron chi connectivity index (χ0n) is 11.4. The van der Waals surface area contributed by atoms with Gasteiger partial charge in [0.1, 0.15) is 17.7 Å². The van der Waals surface area contributed by atoms with Crippen LogP contribution in [0.2, 0.25) is 0 Å². The van der Waals surface area contributed by atoms with Gasteiger partial charge < -0.3 is 9.84 Å². The van der Waals surface area contributed by atoms with Crippen LogP contribution in [-0.2, 0) is 0 Å². The second-order valence-electron chi connectivity index (χ2n) is 6.06. The second-order valence-corrected chi connectivity index (χ2v) is 6.06. The van der Waals surface area contributed by atoms with Crippen molar-refractivity contribution in [3.63, 3.8) is 0 Å². The van der Waals surface area contributed by atoms with Gasteiger partial charge in [-0.15, -0.1) is 0 Å². The van der Waals surface area contributed by atoms with Crippen molar-refractivity contribution in [2.75, 3.05) is 0 Å². The van der Waals surface area contributed by atoms with Crippen LogP contribution in [0.25, 0.3) is 0 Å². The maximum atomic E-state index is 13.5. The summed E-state index contributed by atoms with van der Waals surface area (Å²) in [5, 5.41) is 10.1. The molecule has 1 aromatic carbocycles. The van der Waals surface area contributed by atoms with Crippen molar-refractivity contribution in [1.82, 2.24) is 0 Å². The van der Waals surface area contributed by atoms with Gasteiger partial charge in [-0.25, -0.2) is 4.39 Å². The molecule has 3 heteroatoms. The molecule has 0 bridgehead atoms. The van der Waals surface area contributed by atoms with E-state index < -0.39 is 0 Å².